The molecule has 4 heteroatoms. The maximum Gasteiger partial charge on any atom is 0.332 e. The van der Waals surface area contributed by atoms with Gasteiger partial charge < -0.3 is 9.47 Å². The largest absolute Gasteiger partial charge is 0.494 e. The number of aliphatic imine (C=N–C) groups is 1. The zero-order valence-corrected chi connectivity index (χ0v) is 21.8. The highest BCUT2D eigenvalue weighted by molar-refractivity contribution is 5.87. The topological polar surface area (TPSA) is 47.9 Å². The van der Waals surface area contributed by atoms with Crippen molar-refractivity contribution in [3.05, 3.63) is 71.8 Å². The van der Waals surface area contributed by atoms with Crippen molar-refractivity contribution in [1.29, 1.82) is 0 Å². The van der Waals surface area contributed by atoms with Gasteiger partial charge in [0, 0.05) is 18.2 Å². The number of benzene rings is 2. The van der Waals surface area contributed by atoms with E-state index < -0.39 is 6.23 Å². The quantitative estimate of drug-likeness (QED) is 0.0997. The molecule has 0 amide bonds. The number of unbranched alkanes of at least 4 members (excludes halogenated alkanes) is 7. The van der Waals surface area contributed by atoms with Crippen molar-refractivity contribution in [2.45, 2.75) is 84.8 Å². The third kappa shape index (κ3) is 12.4. The number of ether oxygens (including phenoxy) is 2. The van der Waals surface area contributed by atoms with Crippen molar-refractivity contribution in [3.63, 3.8) is 0 Å². The van der Waals surface area contributed by atoms with Crippen LogP contribution < -0.4 is 4.74 Å². The molecular formula is C31H43NO3. The van der Waals surface area contributed by atoms with Crippen LogP contribution in [0.5, 0.6) is 5.75 Å². The molecule has 2 aromatic carbocycles. The van der Waals surface area contributed by atoms with E-state index in [1.807, 2.05) is 61.5 Å². The van der Waals surface area contributed by atoms with Gasteiger partial charge in [-0.3, -0.25) is 0 Å². The van der Waals surface area contributed by atoms with Crippen LogP contribution in [0.25, 0.3) is 6.08 Å². The molecule has 0 aliphatic heterocycles. The lowest BCUT2D eigenvalue weighted by atomic mass is 10.1. The van der Waals surface area contributed by atoms with Crippen molar-refractivity contribution in [3.8, 4) is 5.75 Å². The van der Waals surface area contributed by atoms with Crippen LogP contribution in [0.2, 0.25) is 0 Å². The molecule has 0 radical (unpaired) electrons. The normalized spacial score (nSPS) is 13.2. The van der Waals surface area contributed by atoms with Gasteiger partial charge in [0.05, 0.1) is 6.61 Å². The summed E-state index contributed by atoms with van der Waals surface area (Å²) in [4.78, 5) is 16.9. The lowest BCUT2D eigenvalue weighted by Crippen LogP contribution is -2.22. The fourth-order valence-corrected chi connectivity index (χ4v) is 3.62. The molecule has 0 saturated carbocycles. The standard InChI is InChI=1S/C31H43NO3/c1-4-6-7-8-9-10-11-15-24-34-29-21-18-28(19-22-29)25-32-31(26(3)5-2)35-30(33)23-20-27-16-13-12-14-17-27/h12-14,16-23,25-26,31H,4-11,15,24H2,1-3H3/b23-20+,32-25?. The van der Waals surface area contributed by atoms with E-state index in [1.54, 1.807) is 12.3 Å². The SMILES string of the molecule is CCCCCCCCCCOc1ccc(C=NC(OC(=O)/C=C/c2ccccc2)C(C)CC)cc1. The van der Waals surface area contributed by atoms with Gasteiger partial charge in [0.1, 0.15) is 5.75 Å². The van der Waals surface area contributed by atoms with Gasteiger partial charge in [-0.25, -0.2) is 9.79 Å². The molecule has 0 bridgehead atoms. The Morgan fingerprint density at radius 3 is 2.17 bits per heavy atom. The zero-order valence-electron chi connectivity index (χ0n) is 21.8. The summed E-state index contributed by atoms with van der Waals surface area (Å²) in [6.45, 7) is 7.12. The third-order valence-electron chi connectivity index (χ3n) is 6.10. The smallest absolute Gasteiger partial charge is 0.332 e. The van der Waals surface area contributed by atoms with Crippen LogP contribution >= 0.6 is 0 Å². The van der Waals surface area contributed by atoms with Gasteiger partial charge in [0.15, 0.2) is 6.23 Å². The summed E-state index contributed by atoms with van der Waals surface area (Å²) >= 11 is 0. The predicted octanol–water partition coefficient (Wildman–Crippen LogP) is 8.25. The molecule has 2 aromatic rings. The second kappa shape index (κ2) is 17.5. The van der Waals surface area contributed by atoms with E-state index >= 15 is 0 Å². The highest BCUT2D eigenvalue weighted by Crippen LogP contribution is 2.16. The lowest BCUT2D eigenvalue weighted by molar-refractivity contribution is -0.144. The van der Waals surface area contributed by atoms with Crippen LogP contribution in [0.4, 0.5) is 0 Å². The summed E-state index contributed by atoms with van der Waals surface area (Å²) in [6.07, 6.45) is 15.7. The summed E-state index contributed by atoms with van der Waals surface area (Å²) in [5, 5.41) is 0. The Bertz CT molecular complexity index is 874. The van der Waals surface area contributed by atoms with Gasteiger partial charge in [-0.2, -0.15) is 0 Å². The van der Waals surface area contributed by atoms with E-state index in [4.69, 9.17) is 9.47 Å². The van der Waals surface area contributed by atoms with Crippen LogP contribution in [0.3, 0.4) is 0 Å². The van der Waals surface area contributed by atoms with Gasteiger partial charge in [-0.1, -0.05) is 96.0 Å². The summed E-state index contributed by atoms with van der Waals surface area (Å²) in [6, 6.07) is 17.6. The average molecular weight is 478 g/mol. The second-order valence-electron chi connectivity index (χ2n) is 9.13. The highest BCUT2D eigenvalue weighted by atomic mass is 16.6. The molecule has 35 heavy (non-hydrogen) atoms. The van der Waals surface area contributed by atoms with E-state index in [2.05, 4.69) is 18.8 Å². The molecule has 0 heterocycles. The number of esters is 1. The molecule has 0 aromatic heterocycles. The Kier molecular flexibility index (Phi) is 14.2. The van der Waals surface area contributed by atoms with Gasteiger partial charge >= 0.3 is 5.97 Å². The minimum Gasteiger partial charge on any atom is -0.494 e. The first-order chi connectivity index (χ1) is 17.1. The Balaban J connectivity index is 1.77. The Labute approximate surface area is 212 Å². The van der Waals surface area contributed by atoms with Gasteiger partial charge in [0.25, 0.3) is 0 Å². The molecule has 2 unspecified atom stereocenters. The fraction of sp³-hybridized carbons (Fsp3) is 0.484. The monoisotopic (exact) mass is 477 g/mol. The molecule has 0 spiro atoms. The molecular weight excluding hydrogens is 434 g/mol. The molecule has 0 saturated heterocycles. The number of rotatable bonds is 17. The van der Waals surface area contributed by atoms with Crippen LogP contribution in [0.1, 0.15) is 89.7 Å². The molecule has 0 N–H and O–H groups in total. The summed E-state index contributed by atoms with van der Waals surface area (Å²) in [5.74, 6) is 0.608. The van der Waals surface area contributed by atoms with Crippen LogP contribution in [0, 0.1) is 5.92 Å². The zero-order chi connectivity index (χ0) is 25.1. The number of hydrogen-bond acceptors (Lipinski definition) is 4. The summed E-state index contributed by atoms with van der Waals surface area (Å²) in [5.41, 5.74) is 1.91. The lowest BCUT2D eigenvalue weighted by Gasteiger charge is -2.18. The Morgan fingerprint density at radius 1 is 0.857 bits per heavy atom. The Morgan fingerprint density at radius 2 is 1.51 bits per heavy atom. The third-order valence-corrected chi connectivity index (χ3v) is 6.10. The first-order valence-corrected chi connectivity index (χ1v) is 13.3. The molecule has 0 fully saturated rings. The van der Waals surface area contributed by atoms with Crippen molar-refractivity contribution in [2.75, 3.05) is 6.61 Å². The minimum absolute atomic E-state index is 0.120. The maximum atomic E-state index is 12.3. The predicted molar refractivity (Wildman–Crippen MR) is 147 cm³/mol. The van der Waals surface area contributed by atoms with Gasteiger partial charge in [-0.05, 0) is 54.3 Å². The molecule has 4 nitrogen and oxygen atoms in total. The molecule has 0 aliphatic rings. The number of carbonyl (C=O) groups excluding carboxylic acids is 1. The first-order valence-electron chi connectivity index (χ1n) is 13.3. The second-order valence-corrected chi connectivity index (χ2v) is 9.13. The molecule has 0 aliphatic carbocycles. The molecule has 190 valence electrons. The van der Waals surface area contributed by atoms with E-state index in [9.17, 15) is 4.79 Å². The summed E-state index contributed by atoms with van der Waals surface area (Å²) in [7, 11) is 0. The molecule has 2 rings (SSSR count). The minimum atomic E-state index is -0.522. The van der Waals surface area contributed by atoms with E-state index in [-0.39, 0.29) is 11.9 Å². The first kappa shape index (κ1) is 28.4. The highest BCUT2D eigenvalue weighted by Gasteiger charge is 2.17. The fourth-order valence-electron chi connectivity index (χ4n) is 3.62. The summed E-state index contributed by atoms with van der Waals surface area (Å²) < 4.78 is 11.5. The van der Waals surface area contributed by atoms with Crippen molar-refractivity contribution in [1.82, 2.24) is 0 Å². The van der Waals surface area contributed by atoms with Gasteiger partial charge in [-0.15, -0.1) is 0 Å². The van der Waals surface area contributed by atoms with Crippen LogP contribution in [-0.2, 0) is 9.53 Å². The number of hydrogen-bond donors (Lipinski definition) is 0. The van der Waals surface area contributed by atoms with E-state index in [1.165, 1.54) is 51.0 Å². The number of nitrogens with zero attached hydrogens (tertiary/aromatic N) is 1. The molecule has 2 atom stereocenters. The van der Waals surface area contributed by atoms with Crippen molar-refractivity contribution in [2.24, 2.45) is 10.9 Å². The van der Waals surface area contributed by atoms with Crippen LogP contribution in [0.15, 0.2) is 65.7 Å². The average Bonchev–Trinajstić information content (AvgIpc) is 2.89. The maximum absolute atomic E-state index is 12.3. The van der Waals surface area contributed by atoms with Crippen molar-refractivity contribution < 1.29 is 14.3 Å². The van der Waals surface area contributed by atoms with E-state index in [0.29, 0.717) is 0 Å². The Hall–Kier alpha value is -2.88. The van der Waals surface area contributed by atoms with Crippen LogP contribution in [-0.4, -0.2) is 25.0 Å². The van der Waals surface area contributed by atoms with E-state index in [0.717, 1.165) is 36.3 Å². The van der Waals surface area contributed by atoms with Crippen molar-refractivity contribution >= 4 is 18.3 Å². The van der Waals surface area contributed by atoms with Gasteiger partial charge in [0.2, 0.25) is 0 Å². The number of carbonyl (C=O) groups is 1.